The molecule has 1 unspecified atom stereocenters. The Morgan fingerprint density at radius 3 is 2.52 bits per heavy atom. The van der Waals surface area contributed by atoms with Crippen LogP contribution in [0.5, 0.6) is 0 Å². The number of aryl methyl sites for hydroxylation is 2. The smallest absolute Gasteiger partial charge is 0.295 e. The standard InChI is InChI=1S/C22H24N2O3/c1-4-5-12-24-19(16-8-10-23-11-9-16)18(21(26)22(24)27)20(25)17-13-14(2)6-7-15(17)3/h6-11,13,19,25H,4-5,12H2,1-3H3/b20-18+. The first-order valence-electron chi connectivity index (χ1n) is 9.21. The summed E-state index contributed by atoms with van der Waals surface area (Å²) in [5, 5.41) is 11.1. The zero-order valence-corrected chi connectivity index (χ0v) is 15.9. The van der Waals surface area contributed by atoms with E-state index in [9.17, 15) is 14.7 Å². The molecule has 0 saturated carbocycles. The summed E-state index contributed by atoms with van der Waals surface area (Å²) in [5.41, 5.74) is 3.33. The zero-order chi connectivity index (χ0) is 19.6. The number of rotatable bonds is 5. The molecule has 1 amide bonds. The minimum Gasteiger partial charge on any atom is -0.507 e. The Labute approximate surface area is 159 Å². The molecule has 0 aliphatic carbocycles. The van der Waals surface area contributed by atoms with Crippen molar-refractivity contribution >= 4 is 17.4 Å². The van der Waals surface area contributed by atoms with Gasteiger partial charge < -0.3 is 10.0 Å². The largest absolute Gasteiger partial charge is 0.507 e. The Balaban J connectivity index is 2.20. The first kappa shape index (κ1) is 18.8. The number of nitrogens with zero attached hydrogens (tertiary/aromatic N) is 2. The second kappa shape index (κ2) is 7.74. The van der Waals surface area contributed by atoms with E-state index in [0.717, 1.165) is 29.5 Å². The lowest BCUT2D eigenvalue weighted by Crippen LogP contribution is -2.30. The summed E-state index contributed by atoms with van der Waals surface area (Å²) in [6, 6.07) is 8.66. The zero-order valence-electron chi connectivity index (χ0n) is 15.9. The molecule has 140 valence electrons. The van der Waals surface area contributed by atoms with Crippen LogP contribution < -0.4 is 0 Å². The highest BCUT2D eigenvalue weighted by Crippen LogP contribution is 2.39. The van der Waals surface area contributed by atoms with Crippen molar-refractivity contribution in [2.45, 2.75) is 39.7 Å². The predicted molar refractivity (Wildman–Crippen MR) is 104 cm³/mol. The fourth-order valence-corrected chi connectivity index (χ4v) is 3.47. The van der Waals surface area contributed by atoms with Crippen LogP contribution in [0.15, 0.2) is 48.3 Å². The van der Waals surface area contributed by atoms with Crippen molar-refractivity contribution < 1.29 is 14.7 Å². The molecule has 1 fully saturated rings. The average Bonchev–Trinajstić information content (AvgIpc) is 2.93. The van der Waals surface area contributed by atoms with Gasteiger partial charge in [-0.25, -0.2) is 0 Å². The number of amides is 1. The van der Waals surface area contributed by atoms with Gasteiger partial charge in [-0.1, -0.05) is 31.0 Å². The molecular weight excluding hydrogens is 340 g/mol. The first-order valence-corrected chi connectivity index (χ1v) is 9.21. The molecule has 27 heavy (non-hydrogen) atoms. The maximum Gasteiger partial charge on any atom is 0.295 e. The molecular formula is C22H24N2O3. The number of likely N-dealkylation sites (tertiary alicyclic amines) is 1. The summed E-state index contributed by atoms with van der Waals surface area (Å²) < 4.78 is 0. The summed E-state index contributed by atoms with van der Waals surface area (Å²) in [4.78, 5) is 31.2. The van der Waals surface area contributed by atoms with E-state index < -0.39 is 17.7 Å². The minimum atomic E-state index is -0.633. The molecule has 1 atom stereocenters. The first-order chi connectivity index (χ1) is 13.0. The number of aliphatic hydroxyl groups excluding tert-OH is 1. The second-order valence-electron chi connectivity index (χ2n) is 6.94. The number of unbranched alkanes of at least 4 members (excludes halogenated alkanes) is 1. The number of Topliss-reactive ketones (excluding diaryl/α,β-unsaturated/α-hetero) is 1. The van der Waals surface area contributed by atoms with Crippen LogP contribution in [0.1, 0.15) is 48.1 Å². The van der Waals surface area contributed by atoms with E-state index in [4.69, 9.17) is 0 Å². The summed E-state index contributed by atoms with van der Waals surface area (Å²) in [5.74, 6) is -1.31. The molecule has 3 rings (SSSR count). The van der Waals surface area contributed by atoms with Crippen LogP contribution in [0.2, 0.25) is 0 Å². The van der Waals surface area contributed by atoms with Crippen LogP contribution in [-0.4, -0.2) is 33.2 Å². The van der Waals surface area contributed by atoms with Gasteiger partial charge in [0.25, 0.3) is 11.7 Å². The van der Waals surface area contributed by atoms with Crippen molar-refractivity contribution in [3.8, 4) is 0 Å². The van der Waals surface area contributed by atoms with Gasteiger partial charge in [-0.05, 0) is 49.6 Å². The maximum absolute atomic E-state index is 12.8. The number of hydrogen-bond donors (Lipinski definition) is 1. The van der Waals surface area contributed by atoms with Gasteiger partial charge in [-0.3, -0.25) is 14.6 Å². The highest BCUT2D eigenvalue weighted by atomic mass is 16.3. The topological polar surface area (TPSA) is 70.5 Å². The Kier molecular flexibility index (Phi) is 5.40. The van der Waals surface area contributed by atoms with Crippen LogP contribution in [0.3, 0.4) is 0 Å². The van der Waals surface area contributed by atoms with E-state index in [0.29, 0.717) is 12.1 Å². The van der Waals surface area contributed by atoms with Crippen LogP contribution in [-0.2, 0) is 9.59 Å². The number of aliphatic hydroxyl groups is 1. The molecule has 1 aliphatic rings. The number of aromatic nitrogens is 1. The number of carbonyl (C=O) groups is 2. The average molecular weight is 364 g/mol. The van der Waals surface area contributed by atoms with Crippen LogP contribution >= 0.6 is 0 Å². The van der Waals surface area contributed by atoms with E-state index in [2.05, 4.69) is 4.98 Å². The van der Waals surface area contributed by atoms with Gasteiger partial charge in [0.1, 0.15) is 5.76 Å². The molecule has 2 heterocycles. The van der Waals surface area contributed by atoms with Crippen molar-refractivity contribution in [1.29, 1.82) is 0 Å². The number of carbonyl (C=O) groups excluding carboxylic acids is 2. The molecule has 2 aromatic rings. The number of ketones is 1. The molecule has 0 radical (unpaired) electrons. The monoisotopic (exact) mass is 364 g/mol. The van der Waals surface area contributed by atoms with Gasteiger partial charge in [-0.2, -0.15) is 0 Å². The normalized spacial score (nSPS) is 18.9. The fraction of sp³-hybridized carbons (Fsp3) is 0.318. The third kappa shape index (κ3) is 3.50. The van der Waals surface area contributed by atoms with E-state index >= 15 is 0 Å². The summed E-state index contributed by atoms with van der Waals surface area (Å²) in [7, 11) is 0. The summed E-state index contributed by atoms with van der Waals surface area (Å²) >= 11 is 0. The number of hydrogen-bond acceptors (Lipinski definition) is 4. The summed E-state index contributed by atoms with van der Waals surface area (Å²) in [6.07, 6.45) is 4.96. The highest BCUT2D eigenvalue weighted by molar-refractivity contribution is 6.46. The van der Waals surface area contributed by atoms with Crippen LogP contribution in [0, 0.1) is 13.8 Å². The van der Waals surface area contributed by atoms with Crippen molar-refractivity contribution in [2.24, 2.45) is 0 Å². The Morgan fingerprint density at radius 2 is 1.85 bits per heavy atom. The van der Waals surface area contributed by atoms with Crippen molar-refractivity contribution in [1.82, 2.24) is 9.88 Å². The molecule has 1 N–H and O–H groups in total. The maximum atomic E-state index is 12.8. The van der Waals surface area contributed by atoms with Crippen LogP contribution in [0.25, 0.3) is 5.76 Å². The minimum absolute atomic E-state index is 0.115. The third-order valence-electron chi connectivity index (χ3n) is 4.96. The SMILES string of the molecule is CCCCN1C(=O)C(=O)/C(=C(/O)c2cc(C)ccc2C)C1c1ccncc1. The second-order valence-corrected chi connectivity index (χ2v) is 6.94. The molecule has 5 heteroatoms. The molecule has 1 aromatic carbocycles. The van der Waals surface area contributed by atoms with E-state index in [1.54, 1.807) is 29.4 Å². The molecule has 0 bridgehead atoms. The third-order valence-corrected chi connectivity index (χ3v) is 4.96. The Hall–Kier alpha value is -2.95. The van der Waals surface area contributed by atoms with E-state index in [1.165, 1.54) is 0 Å². The van der Waals surface area contributed by atoms with Crippen molar-refractivity contribution in [3.63, 3.8) is 0 Å². The molecule has 0 spiro atoms. The Bertz CT molecular complexity index is 903. The predicted octanol–water partition coefficient (Wildman–Crippen LogP) is 3.92. The van der Waals surface area contributed by atoms with Gasteiger partial charge >= 0.3 is 0 Å². The molecule has 1 aliphatic heterocycles. The summed E-state index contributed by atoms with van der Waals surface area (Å²) in [6.45, 7) is 6.31. The van der Waals surface area contributed by atoms with Gasteiger partial charge in [-0.15, -0.1) is 0 Å². The lowest BCUT2D eigenvalue weighted by Gasteiger charge is -2.25. The quantitative estimate of drug-likeness (QED) is 0.496. The van der Waals surface area contributed by atoms with Crippen LogP contribution in [0.4, 0.5) is 0 Å². The molecule has 1 saturated heterocycles. The number of pyridine rings is 1. The van der Waals surface area contributed by atoms with Gasteiger partial charge in [0, 0.05) is 24.5 Å². The highest BCUT2D eigenvalue weighted by Gasteiger charge is 2.45. The van der Waals surface area contributed by atoms with E-state index in [-0.39, 0.29) is 11.3 Å². The van der Waals surface area contributed by atoms with Crippen molar-refractivity contribution in [3.05, 3.63) is 70.6 Å². The van der Waals surface area contributed by atoms with E-state index in [1.807, 2.05) is 39.0 Å². The lowest BCUT2D eigenvalue weighted by atomic mass is 9.93. The molecule has 5 nitrogen and oxygen atoms in total. The lowest BCUT2D eigenvalue weighted by molar-refractivity contribution is -0.139. The molecule has 1 aromatic heterocycles. The van der Waals surface area contributed by atoms with Gasteiger partial charge in [0.15, 0.2) is 0 Å². The van der Waals surface area contributed by atoms with Gasteiger partial charge in [0.05, 0.1) is 11.6 Å². The Morgan fingerprint density at radius 1 is 1.15 bits per heavy atom. The fourth-order valence-electron chi connectivity index (χ4n) is 3.47. The van der Waals surface area contributed by atoms with Gasteiger partial charge in [0.2, 0.25) is 0 Å². The van der Waals surface area contributed by atoms with Crippen molar-refractivity contribution in [2.75, 3.05) is 6.54 Å². The number of benzene rings is 1.